The highest BCUT2D eigenvalue weighted by molar-refractivity contribution is 7.15. The van der Waals surface area contributed by atoms with Gasteiger partial charge in [-0.15, -0.1) is 22.6 Å². The maximum absolute atomic E-state index is 13.0. The maximum atomic E-state index is 13.0. The second-order valence-corrected chi connectivity index (χ2v) is 6.83. The molecule has 0 bridgehead atoms. The van der Waals surface area contributed by atoms with E-state index in [0.29, 0.717) is 29.4 Å². The number of hydrogen-bond donors (Lipinski definition) is 2. The molecule has 0 radical (unpaired) electrons. The Morgan fingerprint density at radius 2 is 2.15 bits per heavy atom. The molecule has 1 amide bonds. The van der Waals surface area contributed by atoms with Crippen LogP contribution < -0.4 is 10.6 Å². The first-order valence-corrected chi connectivity index (χ1v) is 8.87. The predicted molar refractivity (Wildman–Crippen MR) is 98.4 cm³/mol. The van der Waals surface area contributed by atoms with Crippen LogP contribution in [0.15, 0.2) is 18.5 Å². The number of nitrogens with zero attached hydrogens (tertiary/aromatic N) is 4. The van der Waals surface area contributed by atoms with Gasteiger partial charge in [0.2, 0.25) is 5.13 Å². The van der Waals surface area contributed by atoms with E-state index in [4.69, 9.17) is 0 Å². The number of piperidine rings is 1. The second-order valence-electron chi connectivity index (χ2n) is 5.76. The Morgan fingerprint density at radius 3 is 2.81 bits per heavy atom. The lowest BCUT2D eigenvalue weighted by molar-refractivity contribution is -0.140. The number of carbonyl (C=O) groups is 2. The minimum absolute atomic E-state index is 0. The fourth-order valence-electron chi connectivity index (χ4n) is 2.85. The zero-order valence-electron chi connectivity index (χ0n) is 14.3. The molecule has 0 aromatic carbocycles. The SMILES string of the molecule is COC(=O)CCc1nnc(NC(=O)C2(n3cccn3)CCNCC2)s1.Cl. The number of nitrogens with one attached hydrogen (secondary N) is 2. The van der Waals surface area contributed by atoms with Gasteiger partial charge in [0.1, 0.15) is 10.5 Å². The van der Waals surface area contributed by atoms with Crippen LogP contribution in [0.5, 0.6) is 0 Å². The lowest BCUT2D eigenvalue weighted by atomic mass is 9.87. The van der Waals surface area contributed by atoms with E-state index >= 15 is 0 Å². The number of ether oxygens (including phenoxy) is 1. The van der Waals surface area contributed by atoms with Gasteiger partial charge in [-0.1, -0.05) is 11.3 Å². The Kier molecular flexibility index (Phi) is 7.06. The molecule has 0 spiro atoms. The van der Waals surface area contributed by atoms with E-state index in [1.165, 1.54) is 18.4 Å². The van der Waals surface area contributed by atoms with Crippen LogP contribution in [0.25, 0.3) is 0 Å². The van der Waals surface area contributed by atoms with Gasteiger partial charge in [-0.2, -0.15) is 5.10 Å². The van der Waals surface area contributed by atoms with Crippen LogP contribution in [-0.4, -0.2) is 52.1 Å². The fraction of sp³-hybridized carbons (Fsp3) is 0.533. The number of hydrogen-bond acceptors (Lipinski definition) is 8. The average Bonchev–Trinajstić information content (AvgIpc) is 3.32. The highest BCUT2D eigenvalue weighted by Gasteiger charge is 2.42. The van der Waals surface area contributed by atoms with E-state index in [9.17, 15) is 9.59 Å². The van der Waals surface area contributed by atoms with Crippen molar-refractivity contribution in [2.45, 2.75) is 31.2 Å². The van der Waals surface area contributed by atoms with Crippen molar-refractivity contribution in [2.24, 2.45) is 0 Å². The smallest absolute Gasteiger partial charge is 0.305 e. The molecule has 9 nitrogen and oxygen atoms in total. The molecule has 3 heterocycles. The maximum Gasteiger partial charge on any atom is 0.305 e. The van der Waals surface area contributed by atoms with E-state index in [0.717, 1.165) is 13.1 Å². The third kappa shape index (κ3) is 4.37. The molecule has 2 N–H and O–H groups in total. The molecule has 2 aromatic heterocycles. The Morgan fingerprint density at radius 1 is 1.38 bits per heavy atom. The van der Waals surface area contributed by atoms with Crippen molar-refractivity contribution >= 4 is 40.8 Å². The van der Waals surface area contributed by atoms with Crippen LogP contribution in [0.3, 0.4) is 0 Å². The van der Waals surface area contributed by atoms with Gasteiger partial charge in [0, 0.05) is 18.8 Å². The van der Waals surface area contributed by atoms with Crippen LogP contribution in [-0.2, 0) is 26.3 Å². The fourth-order valence-corrected chi connectivity index (χ4v) is 3.59. The van der Waals surface area contributed by atoms with Gasteiger partial charge < -0.3 is 10.1 Å². The third-order valence-electron chi connectivity index (χ3n) is 4.25. The third-order valence-corrected chi connectivity index (χ3v) is 5.15. The van der Waals surface area contributed by atoms with E-state index in [2.05, 4.69) is 30.7 Å². The molecule has 3 rings (SSSR count). The molecule has 1 aliphatic heterocycles. The average molecular weight is 401 g/mol. The van der Waals surface area contributed by atoms with Gasteiger partial charge in [0.05, 0.1) is 13.5 Å². The number of aryl methyl sites for hydroxylation is 1. The molecule has 0 atom stereocenters. The van der Waals surface area contributed by atoms with Crippen LogP contribution in [0.1, 0.15) is 24.3 Å². The monoisotopic (exact) mass is 400 g/mol. The zero-order valence-corrected chi connectivity index (χ0v) is 15.9. The zero-order chi connectivity index (χ0) is 17.7. The summed E-state index contributed by atoms with van der Waals surface area (Å²) in [4.78, 5) is 24.2. The van der Waals surface area contributed by atoms with E-state index < -0.39 is 5.54 Å². The van der Waals surface area contributed by atoms with Crippen LogP contribution in [0, 0.1) is 0 Å². The predicted octanol–water partition coefficient (Wildman–Crippen LogP) is 0.979. The summed E-state index contributed by atoms with van der Waals surface area (Å²) in [5.74, 6) is -0.443. The summed E-state index contributed by atoms with van der Waals surface area (Å²) in [5, 5.41) is 19.5. The lowest BCUT2D eigenvalue weighted by Crippen LogP contribution is -2.52. The van der Waals surface area contributed by atoms with Gasteiger partial charge >= 0.3 is 5.97 Å². The van der Waals surface area contributed by atoms with Crippen LogP contribution in [0.2, 0.25) is 0 Å². The second kappa shape index (κ2) is 9.06. The summed E-state index contributed by atoms with van der Waals surface area (Å²) in [6, 6.07) is 1.81. The molecule has 0 saturated carbocycles. The summed E-state index contributed by atoms with van der Waals surface area (Å²) in [6.07, 6.45) is 5.46. The van der Waals surface area contributed by atoms with Crippen molar-refractivity contribution in [3.8, 4) is 0 Å². The molecule has 0 aliphatic carbocycles. The van der Waals surface area contributed by atoms with Crippen molar-refractivity contribution in [3.05, 3.63) is 23.5 Å². The Hall–Kier alpha value is -2.04. The first-order valence-electron chi connectivity index (χ1n) is 8.05. The standard InChI is InChI=1S/C15H20N6O3S.ClH/c1-24-12(22)4-3-11-19-20-14(25-11)18-13(23)15(5-8-16-9-6-15)21-10-2-7-17-21;/h2,7,10,16H,3-6,8-9H2,1H3,(H,18,20,23);1H. The number of esters is 1. The number of aromatic nitrogens is 4. The molecule has 2 aromatic rings. The summed E-state index contributed by atoms with van der Waals surface area (Å²) >= 11 is 1.27. The molecule has 11 heteroatoms. The highest BCUT2D eigenvalue weighted by atomic mass is 35.5. The quantitative estimate of drug-likeness (QED) is 0.695. The molecule has 1 aliphatic rings. The van der Waals surface area contributed by atoms with Crippen molar-refractivity contribution < 1.29 is 14.3 Å². The minimum atomic E-state index is -0.730. The summed E-state index contributed by atoms with van der Waals surface area (Å²) in [5.41, 5.74) is -0.730. The van der Waals surface area contributed by atoms with E-state index in [1.807, 2.05) is 12.3 Å². The molecule has 26 heavy (non-hydrogen) atoms. The molecular weight excluding hydrogens is 380 g/mol. The summed E-state index contributed by atoms with van der Waals surface area (Å²) in [6.45, 7) is 1.49. The van der Waals surface area contributed by atoms with E-state index in [-0.39, 0.29) is 30.7 Å². The van der Waals surface area contributed by atoms with Gasteiger partial charge in [-0.25, -0.2) is 0 Å². The molecule has 142 valence electrons. The van der Waals surface area contributed by atoms with Crippen LogP contribution >= 0.6 is 23.7 Å². The van der Waals surface area contributed by atoms with Gasteiger partial charge in [0.25, 0.3) is 5.91 Å². The lowest BCUT2D eigenvalue weighted by Gasteiger charge is -2.36. The largest absolute Gasteiger partial charge is 0.469 e. The number of carbonyl (C=O) groups excluding carboxylic acids is 2. The van der Waals surface area contributed by atoms with Gasteiger partial charge in [0.15, 0.2) is 0 Å². The molecular formula is C15H21ClN6O3S. The molecule has 1 saturated heterocycles. The summed E-state index contributed by atoms with van der Waals surface area (Å²) in [7, 11) is 1.35. The van der Waals surface area contributed by atoms with Crippen LogP contribution in [0.4, 0.5) is 5.13 Å². The van der Waals surface area contributed by atoms with Crippen molar-refractivity contribution in [2.75, 3.05) is 25.5 Å². The Balaban J connectivity index is 0.00000243. The van der Waals surface area contributed by atoms with E-state index in [1.54, 1.807) is 10.9 Å². The number of halogens is 1. The molecule has 1 fully saturated rings. The first-order chi connectivity index (χ1) is 12.1. The van der Waals surface area contributed by atoms with Crippen molar-refractivity contribution in [1.82, 2.24) is 25.3 Å². The van der Waals surface area contributed by atoms with Crippen molar-refractivity contribution in [1.29, 1.82) is 0 Å². The first kappa shape index (κ1) is 20.3. The van der Waals surface area contributed by atoms with Crippen molar-refractivity contribution in [3.63, 3.8) is 0 Å². The van der Waals surface area contributed by atoms with Gasteiger partial charge in [-0.3, -0.25) is 19.6 Å². The number of anilines is 1. The number of amides is 1. The normalized spacial score (nSPS) is 15.7. The Labute approximate surface area is 160 Å². The summed E-state index contributed by atoms with van der Waals surface area (Å²) < 4.78 is 6.33. The topological polar surface area (TPSA) is 111 Å². The molecule has 0 unspecified atom stereocenters. The Bertz CT molecular complexity index is 730. The van der Waals surface area contributed by atoms with Gasteiger partial charge in [-0.05, 0) is 32.0 Å². The minimum Gasteiger partial charge on any atom is -0.469 e. The highest BCUT2D eigenvalue weighted by Crippen LogP contribution is 2.29. The number of rotatable bonds is 6. The number of methoxy groups -OCH3 is 1.